The molecule has 0 aliphatic carbocycles. The molecular formula is C9H6OTi. The zero-order chi connectivity index (χ0) is 7.68. The molecule has 1 aromatic heterocycles. The quantitative estimate of drug-likeness (QED) is 0.609. The van der Waals surface area contributed by atoms with Gasteiger partial charge >= 0.3 is 75.8 Å². The predicted octanol–water partition coefficient (Wildman–Crippen LogP) is 2.13. The van der Waals surface area contributed by atoms with Crippen LogP contribution in [0.2, 0.25) is 0 Å². The fraction of sp³-hybridized carbons (Fsp3) is 0. The van der Waals surface area contributed by atoms with Crippen molar-refractivity contribution in [1.29, 1.82) is 0 Å². The van der Waals surface area contributed by atoms with Crippen LogP contribution >= 0.6 is 0 Å². The van der Waals surface area contributed by atoms with Crippen LogP contribution in [-0.4, -0.2) is 4.31 Å². The van der Waals surface area contributed by atoms with Gasteiger partial charge in [-0.05, 0) is 0 Å². The van der Waals surface area contributed by atoms with E-state index in [9.17, 15) is 0 Å². The maximum absolute atomic E-state index is 5.31. The molecule has 0 saturated carbocycles. The van der Waals surface area contributed by atoms with Crippen LogP contribution in [-0.2, 0) is 20.0 Å². The van der Waals surface area contributed by atoms with Gasteiger partial charge in [0.2, 0.25) is 0 Å². The number of benzene rings is 1. The summed E-state index contributed by atoms with van der Waals surface area (Å²) in [4.78, 5) is 0. The summed E-state index contributed by atoms with van der Waals surface area (Å²) in [5.74, 6) is 0.959. The van der Waals surface area contributed by atoms with E-state index in [1.54, 1.807) is 6.26 Å². The first-order chi connectivity index (χ1) is 5.42. The molecule has 2 heteroatoms. The minimum absolute atomic E-state index is 0.959. The Hall–Kier alpha value is -0.656. The molecule has 0 fully saturated rings. The fourth-order valence-electron chi connectivity index (χ4n) is 1.13. The van der Waals surface area contributed by atoms with Crippen LogP contribution in [0.4, 0.5) is 0 Å². The normalized spacial score (nSPS) is 10.1. The second kappa shape index (κ2) is 2.76. The van der Waals surface area contributed by atoms with E-state index in [1.807, 2.05) is 42.5 Å². The summed E-state index contributed by atoms with van der Waals surface area (Å²) >= 11 is 1.98. The number of rotatable bonds is 1. The van der Waals surface area contributed by atoms with Gasteiger partial charge in [-0.2, -0.15) is 0 Å². The van der Waals surface area contributed by atoms with Crippen molar-refractivity contribution in [3.63, 3.8) is 0 Å². The Bertz CT molecular complexity index is 389. The molecule has 0 bridgehead atoms. The van der Waals surface area contributed by atoms with Gasteiger partial charge in [0.1, 0.15) is 0 Å². The van der Waals surface area contributed by atoms with Gasteiger partial charge in [0, 0.05) is 0 Å². The second-order valence-electron chi connectivity index (χ2n) is 2.33. The summed E-state index contributed by atoms with van der Waals surface area (Å²) in [5, 5.41) is 2.36. The summed E-state index contributed by atoms with van der Waals surface area (Å²) in [6, 6.07) is 8.14. The average Bonchev–Trinajstić information content (AvgIpc) is 2.47. The zero-order valence-corrected chi connectivity index (χ0v) is 7.43. The van der Waals surface area contributed by atoms with Crippen LogP contribution in [0.1, 0.15) is 5.76 Å². The molecule has 1 heterocycles. The van der Waals surface area contributed by atoms with Crippen molar-refractivity contribution in [2.75, 3.05) is 0 Å². The monoisotopic (exact) mass is 178 g/mol. The molecule has 0 aliphatic heterocycles. The van der Waals surface area contributed by atoms with Gasteiger partial charge in [0.25, 0.3) is 0 Å². The Morgan fingerprint density at radius 2 is 2.09 bits per heavy atom. The second-order valence-corrected chi connectivity index (χ2v) is 2.78. The van der Waals surface area contributed by atoms with E-state index in [-0.39, 0.29) is 0 Å². The van der Waals surface area contributed by atoms with Gasteiger partial charge < -0.3 is 0 Å². The fourth-order valence-corrected chi connectivity index (χ4v) is 1.48. The predicted molar refractivity (Wildman–Crippen MR) is 41.4 cm³/mol. The van der Waals surface area contributed by atoms with Crippen LogP contribution in [0.5, 0.6) is 0 Å². The summed E-state index contributed by atoms with van der Waals surface area (Å²) in [7, 11) is 0. The molecule has 1 aromatic carbocycles. The Balaban J connectivity index is 2.86. The molecule has 52 valence electrons. The molecule has 11 heavy (non-hydrogen) atoms. The Labute approximate surface area is 75.9 Å². The van der Waals surface area contributed by atoms with Gasteiger partial charge in [-0.3, -0.25) is 0 Å². The summed E-state index contributed by atoms with van der Waals surface area (Å²) in [6.07, 6.45) is 1.78. The molecule has 0 radical (unpaired) electrons. The molecule has 1 nitrogen and oxygen atoms in total. The van der Waals surface area contributed by atoms with Crippen molar-refractivity contribution < 1.29 is 24.4 Å². The standard InChI is InChI=1S/C9H6O.Ti/c1-7-9-5-3-2-4-8(9)6-10-7;/h1-6H;. The van der Waals surface area contributed by atoms with Crippen LogP contribution in [0.25, 0.3) is 10.8 Å². The maximum atomic E-state index is 5.31. The van der Waals surface area contributed by atoms with Crippen molar-refractivity contribution in [2.24, 2.45) is 0 Å². The van der Waals surface area contributed by atoms with E-state index in [2.05, 4.69) is 6.07 Å². The van der Waals surface area contributed by atoms with Gasteiger partial charge in [0.05, 0.1) is 0 Å². The SMILES string of the molecule is [Ti]=[CH]c1occ2ccccc12. The molecule has 0 amide bonds. The van der Waals surface area contributed by atoms with Crippen molar-refractivity contribution in [3.05, 3.63) is 36.3 Å². The summed E-state index contributed by atoms with van der Waals surface area (Å²) in [5.41, 5.74) is 0. The molecule has 0 unspecified atom stereocenters. The van der Waals surface area contributed by atoms with Crippen molar-refractivity contribution in [3.8, 4) is 0 Å². The number of hydrogen-bond donors (Lipinski definition) is 0. The molecule has 0 N–H and O–H groups in total. The molecular weight excluding hydrogens is 172 g/mol. The summed E-state index contributed by atoms with van der Waals surface area (Å²) < 4.78 is 7.28. The first-order valence-corrected chi connectivity index (χ1v) is 4.28. The van der Waals surface area contributed by atoms with Crippen LogP contribution in [0.15, 0.2) is 34.9 Å². The van der Waals surface area contributed by atoms with Crippen molar-refractivity contribution >= 4 is 15.1 Å². The van der Waals surface area contributed by atoms with E-state index < -0.39 is 0 Å². The number of hydrogen-bond acceptors (Lipinski definition) is 1. The van der Waals surface area contributed by atoms with E-state index in [0.29, 0.717) is 0 Å². The van der Waals surface area contributed by atoms with Gasteiger partial charge in [-0.15, -0.1) is 0 Å². The molecule has 2 rings (SSSR count). The number of fused-ring (bicyclic) bond motifs is 1. The Morgan fingerprint density at radius 1 is 1.27 bits per heavy atom. The van der Waals surface area contributed by atoms with Crippen LogP contribution in [0, 0.1) is 0 Å². The molecule has 0 atom stereocenters. The molecule has 2 aromatic rings. The van der Waals surface area contributed by atoms with Gasteiger partial charge in [-0.25, -0.2) is 0 Å². The average molecular weight is 178 g/mol. The van der Waals surface area contributed by atoms with Crippen molar-refractivity contribution in [1.82, 2.24) is 0 Å². The zero-order valence-electron chi connectivity index (χ0n) is 5.87. The number of furan rings is 1. The van der Waals surface area contributed by atoms with Gasteiger partial charge in [0.15, 0.2) is 0 Å². The van der Waals surface area contributed by atoms with Crippen LogP contribution in [0.3, 0.4) is 0 Å². The third-order valence-electron chi connectivity index (χ3n) is 1.67. The van der Waals surface area contributed by atoms with Crippen molar-refractivity contribution in [2.45, 2.75) is 0 Å². The first-order valence-electron chi connectivity index (χ1n) is 3.38. The van der Waals surface area contributed by atoms with E-state index >= 15 is 0 Å². The summed E-state index contributed by atoms with van der Waals surface area (Å²) in [6.45, 7) is 0. The first kappa shape index (κ1) is 7.02. The third-order valence-corrected chi connectivity index (χ3v) is 2.08. The Kier molecular flexibility index (Phi) is 1.76. The Morgan fingerprint density at radius 3 is 2.91 bits per heavy atom. The minimum atomic E-state index is 0.959. The third kappa shape index (κ3) is 1.11. The molecule has 0 spiro atoms. The van der Waals surface area contributed by atoms with E-state index in [4.69, 9.17) is 4.42 Å². The molecule has 0 aliphatic rings. The van der Waals surface area contributed by atoms with E-state index in [1.165, 1.54) is 10.8 Å². The molecule has 0 saturated heterocycles. The van der Waals surface area contributed by atoms with Gasteiger partial charge in [-0.1, -0.05) is 0 Å². The topological polar surface area (TPSA) is 13.1 Å². The van der Waals surface area contributed by atoms with Crippen LogP contribution < -0.4 is 0 Å². The van der Waals surface area contributed by atoms with E-state index in [0.717, 1.165) is 5.76 Å².